The van der Waals surface area contributed by atoms with Crippen molar-refractivity contribution in [3.05, 3.63) is 159 Å². The molecule has 2 aliphatic heterocycles. The summed E-state index contributed by atoms with van der Waals surface area (Å²) in [5, 5.41) is 35.4. The summed E-state index contributed by atoms with van der Waals surface area (Å²) in [6.07, 6.45) is 9.07. The molecule has 0 amide bonds. The van der Waals surface area contributed by atoms with Crippen LogP contribution < -0.4 is 21.3 Å². The maximum Gasteiger partial charge on any atom is 0.278 e. The number of nitrogens with one attached hydrogen (secondary N) is 1. The number of likely N-dealkylation sites (tertiary alicyclic amines) is 1. The molecule has 0 unspecified atom stereocenters. The predicted octanol–water partition coefficient (Wildman–Crippen LogP) is 9.80. The molecule has 2 saturated heterocycles. The molecule has 27 heteroatoms. The van der Waals surface area contributed by atoms with Gasteiger partial charge in [-0.15, -0.1) is 13.2 Å². The van der Waals surface area contributed by atoms with Gasteiger partial charge in [0, 0.05) is 75.4 Å². The van der Waals surface area contributed by atoms with Gasteiger partial charge in [-0.3, -0.25) is 9.59 Å². The van der Waals surface area contributed by atoms with Crippen molar-refractivity contribution in [3.63, 3.8) is 0 Å². The van der Waals surface area contributed by atoms with Crippen molar-refractivity contribution in [1.29, 1.82) is 0 Å². The number of alkyl halides is 6. The summed E-state index contributed by atoms with van der Waals surface area (Å²) < 4.78 is 85.6. The van der Waals surface area contributed by atoms with E-state index in [4.69, 9.17) is 0 Å². The molecular weight excluding hydrogens is 1220 g/mol. The fourth-order valence-electron chi connectivity index (χ4n) is 12.2. The summed E-state index contributed by atoms with van der Waals surface area (Å²) in [7, 11) is 2.21. The first-order valence-electron chi connectivity index (χ1n) is 28.2. The Kier molecular flexibility index (Phi) is 16.5. The Hall–Kier alpha value is -7.30. The number of allylic oxidation sites excluding steroid dienone is 2. The number of rotatable bonds is 13. The molecule has 8 aromatic rings. The number of piperidine rings is 2. The fraction of sp³-hybridized carbons (Fsp3) is 0.417. The highest BCUT2D eigenvalue weighted by Gasteiger charge is 2.59. The lowest BCUT2D eigenvalue weighted by Crippen LogP contribution is -2.49. The van der Waals surface area contributed by atoms with E-state index < -0.39 is 73.1 Å². The number of benzene rings is 1. The van der Waals surface area contributed by atoms with Gasteiger partial charge in [-0.05, 0) is 134 Å². The first-order valence-corrected chi connectivity index (χ1v) is 30.2. The van der Waals surface area contributed by atoms with Crippen LogP contribution in [0.5, 0.6) is 0 Å². The number of aromatic nitrogens is 11. The Morgan fingerprint density at radius 3 is 1.48 bits per heavy atom. The summed E-state index contributed by atoms with van der Waals surface area (Å²) in [6.45, 7) is 12.3. The van der Waals surface area contributed by atoms with Gasteiger partial charge in [-0.1, -0.05) is 42.1 Å². The van der Waals surface area contributed by atoms with Gasteiger partial charge >= 0.3 is 0 Å². The van der Waals surface area contributed by atoms with Crippen LogP contribution in [-0.2, 0) is 29.9 Å². The van der Waals surface area contributed by atoms with E-state index in [2.05, 4.69) is 98.3 Å². The molecule has 3 aliphatic carbocycles. The van der Waals surface area contributed by atoms with E-state index in [9.17, 15) is 51.3 Å². The quantitative estimate of drug-likeness (QED) is 0.0277. The van der Waals surface area contributed by atoms with Crippen molar-refractivity contribution in [2.75, 3.05) is 49.7 Å². The minimum atomic E-state index is -2.94. The first kappa shape index (κ1) is 61.4. The molecule has 0 bridgehead atoms. The topological polar surface area (TPSA) is 223 Å². The van der Waals surface area contributed by atoms with Crippen LogP contribution in [0.25, 0.3) is 33.7 Å². The lowest BCUT2D eigenvalue weighted by molar-refractivity contribution is -0.213. The van der Waals surface area contributed by atoms with Gasteiger partial charge in [-0.25, -0.2) is 75.0 Å². The van der Waals surface area contributed by atoms with E-state index >= 15 is 0 Å². The van der Waals surface area contributed by atoms with Gasteiger partial charge in [0.25, 0.3) is 28.9 Å². The number of anilines is 3. The average Bonchev–Trinajstić information content (AvgIpc) is 1.69. The first-order chi connectivity index (χ1) is 41.3. The van der Waals surface area contributed by atoms with Crippen molar-refractivity contribution < 1.29 is 41.7 Å². The number of fused-ring (bicyclic) bond motifs is 2. The van der Waals surface area contributed by atoms with Crippen molar-refractivity contribution in [2.45, 2.75) is 117 Å². The minimum Gasteiger partial charge on any atom is -0.383 e. The zero-order valence-electron chi connectivity index (χ0n) is 47.6. The van der Waals surface area contributed by atoms with Crippen molar-refractivity contribution in [1.82, 2.24) is 58.5 Å². The largest absolute Gasteiger partial charge is 0.383 e. The zero-order chi connectivity index (χ0) is 61.9. The van der Waals surface area contributed by atoms with E-state index in [0.29, 0.717) is 43.4 Å². The molecule has 5 aliphatic rings. The highest BCUT2D eigenvalue weighted by atomic mass is 79.9. The molecule has 0 atom stereocenters. The molecule has 458 valence electrons. The third-order valence-electron chi connectivity index (χ3n) is 16.8. The summed E-state index contributed by atoms with van der Waals surface area (Å²) in [5.74, 6) is -7.75. The van der Waals surface area contributed by atoms with Crippen LogP contribution in [0.3, 0.4) is 0 Å². The van der Waals surface area contributed by atoms with Crippen molar-refractivity contribution in [2.24, 2.45) is 5.41 Å². The normalized spacial score (nSPS) is 20.0. The van der Waals surface area contributed by atoms with E-state index in [1.165, 1.54) is 99.5 Å². The van der Waals surface area contributed by atoms with E-state index in [-0.39, 0.29) is 52.7 Å². The highest BCUT2D eigenvalue weighted by Crippen LogP contribution is 2.53. The van der Waals surface area contributed by atoms with Crippen molar-refractivity contribution >= 4 is 67.1 Å². The lowest BCUT2D eigenvalue weighted by atomic mass is 9.71. The number of pyridine rings is 3. The average molecular weight is 1290 g/mol. The number of hydrogen-bond acceptors (Lipinski definition) is 16. The maximum atomic E-state index is 13.7. The summed E-state index contributed by atoms with van der Waals surface area (Å²) in [6, 6.07) is 22.6. The smallest absolute Gasteiger partial charge is 0.278 e. The van der Waals surface area contributed by atoms with Gasteiger partial charge in [0.2, 0.25) is 5.95 Å². The zero-order valence-corrected chi connectivity index (χ0v) is 50.0. The van der Waals surface area contributed by atoms with Crippen LogP contribution in [0.1, 0.15) is 81.3 Å². The lowest BCUT2D eigenvalue weighted by Gasteiger charge is -2.46. The Balaban J connectivity index is 0.000000157. The SMILES string of the molecule is C=CCn1c(=O)c2cnc(Nc3ccc(N4CCC5(CCN(C)CC5)CC4)cc3)nc2n1-c1cccc(C2(O)CC(F)(F)C2)n1.C=CCn1c(=O)c2cnc(SC)nc2n1-c1cccc(C2(O)CC(F)(F)C2)n1.OC1(c2cccc(Br)n2)CC(F)(F)C1. The van der Waals surface area contributed by atoms with E-state index in [0.717, 1.165) is 18.8 Å². The molecule has 1 aromatic carbocycles. The van der Waals surface area contributed by atoms with Gasteiger partial charge < -0.3 is 30.4 Å². The monoisotopic (exact) mass is 1280 g/mol. The number of thioether (sulfide) groups is 1. The Labute approximate surface area is 507 Å². The van der Waals surface area contributed by atoms with Crippen LogP contribution in [0.15, 0.2) is 136 Å². The molecule has 87 heavy (non-hydrogen) atoms. The molecule has 1 spiro atoms. The highest BCUT2D eigenvalue weighted by molar-refractivity contribution is 9.10. The van der Waals surface area contributed by atoms with Crippen LogP contribution >= 0.6 is 27.7 Å². The standard InChI is InChI=1S/C33H38F2N8O2.C18H17F2N5O2S.C9H8BrF2NO/c1-3-15-42-29(44)25-20-36-30(39-28(25)43(42)27-6-4-5-26(38-27)32(45)21-33(34,35)22-32)37-23-7-9-24(10-8-23)41-18-13-31(14-19-41)11-16-40(2)17-12-31;1-3-7-24-15(26)11-8-21-16(28-2)23-14(11)25(24)13-6-4-5-12(22-13)17(27)9-18(19,20)10-17;10-7-3-1-2-6(13-7)8(14)4-9(11,12)5-8/h3-10,20,45H,1,11-19,21-22H2,2H3,(H,36,37,39);3-6,8,27H,1,7,9-10H2,2H3;1-3,14H,4-5H2. The summed E-state index contributed by atoms with van der Waals surface area (Å²) in [5.41, 5.74) is -1.85. The second-order valence-corrected chi connectivity index (χ2v) is 24.9. The molecule has 0 radical (unpaired) electrons. The molecule has 5 fully saturated rings. The molecule has 13 rings (SSSR count). The molecule has 9 heterocycles. The molecule has 4 N–H and O–H groups in total. The van der Waals surface area contributed by atoms with E-state index in [1.807, 2.05) is 18.4 Å². The van der Waals surface area contributed by atoms with Crippen LogP contribution in [-0.4, -0.2) is 131 Å². The Morgan fingerprint density at radius 2 is 1.03 bits per heavy atom. The number of halogens is 7. The Bertz CT molecular complexity index is 4010. The number of nitrogens with zero attached hydrogens (tertiary/aromatic N) is 13. The maximum absolute atomic E-state index is 13.7. The van der Waals surface area contributed by atoms with Crippen LogP contribution in [0.2, 0.25) is 0 Å². The second-order valence-electron chi connectivity index (χ2n) is 23.3. The molecule has 3 saturated carbocycles. The van der Waals surface area contributed by atoms with Crippen molar-refractivity contribution in [3.8, 4) is 11.6 Å². The number of hydrogen-bond donors (Lipinski definition) is 4. The van der Waals surface area contributed by atoms with E-state index in [1.54, 1.807) is 54.6 Å². The third-order valence-corrected chi connectivity index (χ3v) is 17.8. The molecule has 19 nitrogen and oxygen atoms in total. The van der Waals surface area contributed by atoms with Gasteiger partial charge in [0.1, 0.15) is 32.2 Å². The molecule has 7 aromatic heterocycles. The van der Waals surface area contributed by atoms with Crippen LogP contribution in [0, 0.1) is 5.41 Å². The summed E-state index contributed by atoms with van der Waals surface area (Å²) in [4.78, 5) is 61.5. The second kappa shape index (κ2) is 23.3. The fourth-order valence-corrected chi connectivity index (χ4v) is 12.9. The Morgan fingerprint density at radius 1 is 0.598 bits per heavy atom. The van der Waals surface area contributed by atoms with Gasteiger partial charge in [-0.2, -0.15) is 4.98 Å². The minimum absolute atomic E-state index is 0.119. The third kappa shape index (κ3) is 12.5. The molecular formula is C60H63BrF6N14O5S. The van der Waals surface area contributed by atoms with Crippen LogP contribution in [0.4, 0.5) is 43.7 Å². The van der Waals surface area contributed by atoms with Gasteiger partial charge in [0.05, 0.1) is 30.2 Å². The summed E-state index contributed by atoms with van der Waals surface area (Å²) >= 11 is 4.45. The van der Waals surface area contributed by atoms with Gasteiger partial charge in [0.15, 0.2) is 28.1 Å². The number of aliphatic hydroxyl groups is 3. The predicted molar refractivity (Wildman–Crippen MR) is 321 cm³/mol.